The summed E-state index contributed by atoms with van der Waals surface area (Å²) in [4.78, 5) is 11.3. The first-order valence-corrected chi connectivity index (χ1v) is 4.68. The van der Waals surface area contributed by atoms with Crippen molar-refractivity contribution in [1.82, 2.24) is 9.78 Å². The van der Waals surface area contributed by atoms with Gasteiger partial charge in [0.1, 0.15) is 6.10 Å². The predicted molar refractivity (Wildman–Crippen MR) is 53.0 cm³/mol. The summed E-state index contributed by atoms with van der Waals surface area (Å²) in [5, 5.41) is 4.09. The van der Waals surface area contributed by atoms with Gasteiger partial charge in [0.05, 0.1) is 6.20 Å². The summed E-state index contributed by atoms with van der Waals surface area (Å²) in [7, 11) is 1.85. The molecule has 1 unspecified atom stereocenters. The average Bonchev–Trinajstić information content (AvgIpc) is 2.44. The van der Waals surface area contributed by atoms with E-state index in [4.69, 9.17) is 4.74 Å². The van der Waals surface area contributed by atoms with Crippen molar-refractivity contribution in [3.8, 4) is 0 Å². The van der Waals surface area contributed by atoms with Gasteiger partial charge in [0, 0.05) is 24.9 Å². The van der Waals surface area contributed by atoms with Gasteiger partial charge in [0.15, 0.2) is 5.78 Å². The fourth-order valence-corrected chi connectivity index (χ4v) is 1.37. The number of ketones is 1. The quantitative estimate of drug-likeness (QED) is 0.731. The monoisotopic (exact) mass is 196 g/mol. The molecule has 0 N–H and O–H groups in total. The second-order valence-corrected chi connectivity index (χ2v) is 3.25. The van der Waals surface area contributed by atoms with Crippen LogP contribution in [0.2, 0.25) is 0 Å². The van der Waals surface area contributed by atoms with Crippen LogP contribution in [0.15, 0.2) is 6.20 Å². The maximum atomic E-state index is 11.3. The highest BCUT2D eigenvalue weighted by Gasteiger charge is 2.20. The van der Waals surface area contributed by atoms with E-state index in [1.165, 1.54) is 6.92 Å². The van der Waals surface area contributed by atoms with Gasteiger partial charge in [0.25, 0.3) is 0 Å². The number of aryl methyl sites for hydroxylation is 1. The van der Waals surface area contributed by atoms with Crippen LogP contribution in [-0.4, -0.2) is 22.2 Å². The number of Topliss-reactive ketones (excluding diaryl/α,β-unsaturated/α-hetero) is 1. The van der Waals surface area contributed by atoms with Crippen molar-refractivity contribution in [3.63, 3.8) is 0 Å². The Morgan fingerprint density at radius 1 is 1.71 bits per heavy atom. The molecule has 1 atom stereocenters. The van der Waals surface area contributed by atoms with Crippen molar-refractivity contribution in [2.75, 3.05) is 6.61 Å². The number of hydrogen-bond acceptors (Lipinski definition) is 3. The molecule has 0 spiro atoms. The van der Waals surface area contributed by atoms with Crippen LogP contribution in [0.4, 0.5) is 0 Å². The van der Waals surface area contributed by atoms with E-state index in [1.807, 2.05) is 20.9 Å². The van der Waals surface area contributed by atoms with Gasteiger partial charge in [-0.2, -0.15) is 5.10 Å². The Labute approximate surface area is 83.9 Å². The van der Waals surface area contributed by atoms with E-state index < -0.39 is 6.10 Å². The molecular weight excluding hydrogens is 180 g/mol. The van der Waals surface area contributed by atoms with Crippen LogP contribution in [0.25, 0.3) is 0 Å². The average molecular weight is 196 g/mol. The molecular formula is C10H16N2O2. The van der Waals surface area contributed by atoms with Gasteiger partial charge >= 0.3 is 0 Å². The van der Waals surface area contributed by atoms with Gasteiger partial charge in [-0.1, -0.05) is 0 Å². The standard InChI is InChI=1S/C10H16N2O2/c1-5-14-10(8(3)13)9-6-11-12(4)7(9)2/h6,10H,5H2,1-4H3. The molecule has 1 heterocycles. The molecule has 0 aromatic carbocycles. The van der Waals surface area contributed by atoms with Crippen LogP contribution < -0.4 is 0 Å². The van der Waals surface area contributed by atoms with Crippen LogP contribution in [-0.2, 0) is 16.6 Å². The van der Waals surface area contributed by atoms with Crippen molar-refractivity contribution in [2.24, 2.45) is 7.05 Å². The zero-order chi connectivity index (χ0) is 10.7. The van der Waals surface area contributed by atoms with Gasteiger partial charge in [0.2, 0.25) is 0 Å². The smallest absolute Gasteiger partial charge is 0.163 e. The maximum absolute atomic E-state index is 11.3. The molecule has 0 saturated carbocycles. The second-order valence-electron chi connectivity index (χ2n) is 3.25. The molecule has 78 valence electrons. The normalized spacial score (nSPS) is 12.9. The number of carbonyl (C=O) groups excluding carboxylic acids is 1. The Kier molecular flexibility index (Phi) is 3.41. The highest BCUT2D eigenvalue weighted by molar-refractivity contribution is 5.82. The molecule has 14 heavy (non-hydrogen) atoms. The largest absolute Gasteiger partial charge is 0.366 e. The molecule has 0 fully saturated rings. The summed E-state index contributed by atoms with van der Waals surface area (Å²) in [6.07, 6.45) is 1.23. The summed E-state index contributed by atoms with van der Waals surface area (Å²) in [5.74, 6) is 0.0166. The van der Waals surface area contributed by atoms with Crippen LogP contribution in [0, 0.1) is 6.92 Å². The lowest BCUT2D eigenvalue weighted by Gasteiger charge is -2.13. The first-order valence-electron chi connectivity index (χ1n) is 4.68. The molecule has 0 aliphatic heterocycles. The van der Waals surface area contributed by atoms with Crippen molar-refractivity contribution in [2.45, 2.75) is 26.9 Å². The van der Waals surface area contributed by atoms with E-state index in [9.17, 15) is 4.79 Å². The predicted octanol–water partition coefficient (Wildman–Crippen LogP) is 1.40. The van der Waals surface area contributed by atoms with E-state index in [-0.39, 0.29) is 5.78 Å². The SMILES string of the molecule is CCOC(C(C)=O)c1cnn(C)c1C. The van der Waals surface area contributed by atoms with Crippen LogP contribution in [0.3, 0.4) is 0 Å². The Balaban J connectivity index is 2.99. The van der Waals surface area contributed by atoms with Gasteiger partial charge in [-0.25, -0.2) is 0 Å². The van der Waals surface area contributed by atoms with E-state index in [1.54, 1.807) is 10.9 Å². The number of ether oxygens (including phenoxy) is 1. The fourth-order valence-electron chi connectivity index (χ4n) is 1.37. The second kappa shape index (κ2) is 4.37. The Morgan fingerprint density at radius 2 is 2.36 bits per heavy atom. The zero-order valence-electron chi connectivity index (χ0n) is 9.07. The lowest BCUT2D eigenvalue weighted by atomic mass is 10.1. The number of rotatable bonds is 4. The number of hydrogen-bond donors (Lipinski definition) is 0. The minimum absolute atomic E-state index is 0.0166. The third-order valence-corrected chi connectivity index (χ3v) is 2.26. The topological polar surface area (TPSA) is 44.1 Å². The molecule has 1 aromatic rings. The third kappa shape index (κ3) is 2.01. The maximum Gasteiger partial charge on any atom is 0.163 e. The number of aromatic nitrogens is 2. The first kappa shape index (κ1) is 10.9. The Morgan fingerprint density at radius 3 is 2.71 bits per heavy atom. The third-order valence-electron chi connectivity index (χ3n) is 2.26. The van der Waals surface area contributed by atoms with E-state index in [0.29, 0.717) is 6.61 Å². The molecule has 0 amide bonds. The van der Waals surface area contributed by atoms with E-state index in [2.05, 4.69) is 5.10 Å². The van der Waals surface area contributed by atoms with Gasteiger partial charge in [-0.05, 0) is 20.8 Å². The molecule has 0 radical (unpaired) electrons. The highest BCUT2D eigenvalue weighted by atomic mass is 16.5. The van der Waals surface area contributed by atoms with E-state index in [0.717, 1.165) is 11.3 Å². The summed E-state index contributed by atoms with van der Waals surface area (Å²) >= 11 is 0. The summed E-state index contributed by atoms with van der Waals surface area (Å²) in [6.45, 7) is 5.87. The van der Waals surface area contributed by atoms with Crippen LogP contribution in [0.5, 0.6) is 0 Å². The molecule has 1 rings (SSSR count). The van der Waals surface area contributed by atoms with Crippen LogP contribution >= 0.6 is 0 Å². The van der Waals surface area contributed by atoms with Crippen molar-refractivity contribution >= 4 is 5.78 Å². The molecule has 0 aliphatic rings. The summed E-state index contributed by atoms with van der Waals surface area (Å²) in [5.41, 5.74) is 1.83. The molecule has 0 aliphatic carbocycles. The summed E-state index contributed by atoms with van der Waals surface area (Å²) in [6, 6.07) is 0. The minimum Gasteiger partial charge on any atom is -0.366 e. The fraction of sp³-hybridized carbons (Fsp3) is 0.600. The molecule has 0 saturated heterocycles. The van der Waals surface area contributed by atoms with Crippen LogP contribution in [0.1, 0.15) is 31.2 Å². The van der Waals surface area contributed by atoms with Gasteiger partial charge < -0.3 is 4.74 Å². The lowest BCUT2D eigenvalue weighted by Crippen LogP contribution is -2.13. The highest BCUT2D eigenvalue weighted by Crippen LogP contribution is 2.21. The number of carbonyl (C=O) groups is 1. The first-order chi connectivity index (χ1) is 6.57. The lowest BCUT2D eigenvalue weighted by molar-refractivity contribution is -0.128. The van der Waals surface area contributed by atoms with Crippen molar-refractivity contribution in [1.29, 1.82) is 0 Å². The molecule has 4 nitrogen and oxygen atoms in total. The van der Waals surface area contributed by atoms with Crippen molar-refractivity contribution in [3.05, 3.63) is 17.5 Å². The number of nitrogens with zero attached hydrogens (tertiary/aromatic N) is 2. The molecule has 1 aromatic heterocycles. The van der Waals surface area contributed by atoms with Gasteiger partial charge in [-0.15, -0.1) is 0 Å². The summed E-state index contributed by atoms with van der Waals surface area (Å²) < 4.78 is 7.12. The van der Waals surface area contributed by atoms with Gasteiger partial charge in [-0.3, -0.25) is 9.48 Å². The zero-order valence-corrected chi connectivity index (χ0v) is 9.07. The molecule has 0 bridgehead atoms. The minimum atomic E-state index is -0.464. The Bertz CT molecular complexity index is 331. The Hall–Kier alpha value is -1.16. The van der Waals surface area contributed by atoms with Crippen molar-refractivity contribution < 1.29 is 9.53 Å². The van der Waals surface area contributed by atoms with E-state index >= 15 is 0 Å². The molecule has 4 heteroatoms.